The molecule has 0 aromatic carbocycles. The van der Waals surface area contributed by atoms with Crippen LogP contribution in [0.25, 0.3) is 0 Å². The van der Waals surface area contributed by atoms with Gasteiger partial charge >= 0.3 is 0 Å². The predicted molar refractivity (Wildman–Crippen MR) is 81.9 cm³/mol. The van der Waals surface area contributed by atoms with Gasteiger partial charge in [0.15, 0.2) is 0 Å². The zero-order valence-electron chi connectivity index (χ0n) is 12.8. The highest BCUT2D eigenvalue weighted by molar-refractivity contribution is 5.95. The van der Waals surface area contributed by atoms with Gasteiger partial charge in [-0.25, -0.2) is 0 Å². The van der Waals surface area contributed by atoms with Gasteiger partial charge in [-0.15, -0.1) is 4.67 Å². The SMILES string of the molecule is CC1CCC2C(=[N+]=C3CC(O)CC(O)C3)CCCC12C. The van der Waals surface area contributed by atoms with Crippen LogP contribution in [0, 0.1) is 17.3 Å². The van der Waals surface area contributed by atoms with Gasteiger partial charge in [0.2, 0.25) is 0 Å². The van der Waals surface area contributed by atoms with Gasteiger partial charge in [-0.2, -0.15) is 0 Å². The summed E-state index contributed by atoms with van der Waals surface area (Å²) in [6, 6.07) is 0. The molecule has 0 radical (unpaired) electrons. The lowest BCUT2D eigenvalue weighted by Crippen LogP contribution is -2.39. The topological polar surface area (TPSA) is 54.6 Å². The third kappa shape index (κ3) is 2.47. The number of hydrogen-bond acceptors (Lipinski definition) is 2. The van der Waals surface area contributed by atoms with E-state index in [2.05, 4.69) is 13.8 Å². The van der Waals surface area contributed by atoms with E-state index in [1.807, 2.05) is 0 Å². The van der Waals surface area contributed by atoms with Crippen molar-refractivity contribution in [3.05, 3.63) is 0 Å². The molecule has 0 heterocycles. The Balaban J connectivity index is 1.91. The first-order chi connectivity index (χ1) is 9.49. The molecule has 2 N–H and O–H groups in total. The van der Waals surface area contributed by atoms with Gasteiger partial charge < -0.3 is 10.2 Å². The molecule has 0 amide bonds. The quantitative estimate of drug-likeness (QED) is 0.667. The summed E-state index contributed by atoms with van der Waals surface area (Å²) in [6.45, 7) is 4.84. The van der Waals surface area contributed by atoms with E-state index >= 15 is 0 Å². The van der Waals surface area contributed by atoms with Crippen molar-refractivity contribution < 1.29 is 10.2 Å². The first-order valence-electron chi connectivity index (χ1n) is 8.27. The molecule has 0 saturated heterocycles. The third-order valence-corrected chi connectivity index (χ3v) is 6.15. The van der Waals surface area contributed by atoms with E-state index in [-0.39, 0.29) is 0 Å². The Kier molecular flexibility index (Phi) is 3.79. The van der Waals surface area contributed by atoms with Crippen LogP contribution in [-0.4, -0.2) is 33.8 Å². The van der Waals surface area contributed by atoms with E-state index in [0.29, 0.717) is 30.6 Å². The molecular weight excluding hydrogens is 250 g/mol. The van der Waals surface area contributed by atoms with Gasteiger partial charge in [0, 0.05) is 12.8 Å². The molecule has 0 bridgehead atoms. The van der Waals surface area contributed by atoms with Crippen molar-refractivity contribution in [2.45, 2.75) is 77.4 Å². The van der Waals surface area contributed by atoms with E-state index in [4.69, 9.17) is 4.67 Å². The maximum absolute atomic E-state index is 9.81. The fourth-order valence-electron chi connectivity index (χ4n) is 4.75. The first kappa shape index (κ1) is 14.3. The lowest BCUT2D eigenvalue weighted by atomic mass is 9.65. The normalized spacial score (nSPS) is 45.2. The molecule has 20 heavy (non-hydrogen) atoms. The minimum Gasteiger partial charge on any atom is -0.392 e. The summed E-state index contributed by atoms with van der Waals surface area (Å²) in [5.74, 6) is 1.43. The van der Waals surface area contributed by atoms with Gasteiger partial charge in [0.1, 0.15) is 0 Å². The van der Waals surface area contributed by atoms with E-state index in [9.17, 15) is 10.2 Å². The average Bonchev–Trinajstić information content (AvgIpc) is 2.65. The van der Waals surface area contributed by atoms with Gasteiger partial charge in [-0.05, 0) is 37.0 Å². The van der Waals surface area contributed by atoms with Crippen LogP contribution >= 0.6 is 0 Å². The standard InChI is InChI=1S/C17H28NO2/c1-11-5-6-15-16(4-3-7-17(11,15)2)18-12-8-13(19)10-14(20)9-12/h11,13-15,19-20H,3-10H2,1-2H3/q+1. The second kappa shape index (κ2) is 5.29. The summed E-state index contributed by atoms with van der Waals surface area (Å²) in [4.78, 5) is 0. The van der Waals surface area contributed by atoms with Crippen LogP contribution in [0.4, 0.5) is 0 Å². The zero-order valence-corrected chi connectivity index (χ0v) is 12.8. The third-order valence-electron chi connectivity index (χ3n) is 6.15. The van der Waals surface area contributed by atoms with Gasteiger partial charge in [-0.1, -0.05) is 13.8 Å². The maximum atomic E-state index is 9.81. The molecule has 3 fully saturated rings. The zero-order chi connectivity index (χ0) is 14.3. The fourth-order valence-corrected chi connectivity index (χ4v) is 4.75. The number of aliphatic hydroxyl groups is 2. The highest BCUT2D eigenvalue weighted by Gasteiger charge is 2.52. The van der Waals surface area contributed by atoms with Gasteiger partial charge in [-0.3, -0.25) is 0 Å². The van der Waals surface area contributed by atoms with E-state index < -0.39 is 12.2 Å². The number of fused-ring (bicyclic) bond motifs is 1. The molecule has 112 valence electrons. The predicted octanol–water partition coefficient (Wildman–Crippen LogP) is 2.08. The van der Waals surface area contributed by atoms with Crippen LogP contribution < -0.4 is 4.67 Å². The largest absolute Gasteiger partial charge is 0.392 e. The van der Waals surface area contributed by atoms with Crippen LogP contribution in [0.3, 0.4) is 0 Å². The van der Waals surface area contributed by atoms with Crippen molar-refractivity contribution in [2.24, 2.45) is 17.3 Å². The molecular formula is C17H28NO2+. The Bertz CT molecular complexity index is 440. The summed E-state index contributed by atoms with van der Waals surface area (Å²) < 4.78 is 4.93. The smallest absolute Gasteiger partial charge is 0.285 e. The maximum Gasteiger partial charge on any atom is 0.285 e. The van der Waals surface area contributed by atoms with Crippen molar-refractivity contribution in [3.63, 3.8) is 0 Å². The summed E-state index contributed by atoms with van der Waals surface area (Å²) in [6.07, 6.45) is 7.28. The molecule has 3 heteroatoms. The van der Waals surface area contributed by atoms with Crippen molar-refractivity contribution in [2.75, 3.05) is 0 Å². The molecule has 5 atom stereocenters. The molecule has 3 aliphatic rings. The first-order valence-corrected chi connectivity index (χ1v) is 8.27. The molecule has 3 nitrogen and oxygen atoms in total. The van der Waals surface area contributed by atoms with Crippen LogP contribution in [0.1, 0.15) is 65.2 Å². The van der Waals surface area contributed by atoms with Crippen LogP contribution in [0.2, 0.25) is 0 Å². The number of aliphatic hydroxyl groups excluding tert-OH is 2. The summed E-state index contributed by atoms with van der Waals surface area (Å²) >= 11 is 0. The second-order valence-electron chi connectivity index (χ2n) is 7.51. The minimum absolute atomic E-state index is 0.407. The second-order valence-corrected chi connectivity index (χ2v) is 7.51. The molecule has 3 saturated carbocycles. The van der Waals surface area contributed by atoms with E-state index in [1.165, 1.54) is 31.4 Å². The number of nitrogens with zero attached hydrogens (tertiary/aromatic N) is 1. The number of rotatable bonds is 0. The van der Waals surface area contributed by atoms with E-state index in [1.54, 1.807) is 0 Å². The average molecular weight is 278 g/mol. The summed E-state index contributed by atoms with van der Waals surface area (Å²) in [7, 11) is 0. The molecule has 0 spiro atoms. The van der Waals surface area contributed by atoms with Crippen molar-refractivity contribution in [1.29, 1.82) is 0 Å². The van der Waals surface area contributed by atoms with Crippen LogP contribution in [0.15, 0.2) is 0 Å². The molecule has 5 unspecified atom stereocenters. The van der Waals surface area contributed by atoms with Crippen molar-refractivity contribution in [1.82, 2.24) is 4.67 Å². The van der Waals surface area contributed by atoms with Crippen molar-refractivity contribution in [3.8, 4) is 0 Å². The van der Waals surface area contributed by atoms with Gasteiger partial charge in [0.05, 0.1) is 31.0 Å². The Hall–Kier alpha value is -0.630. The fraction of sp³-hybridized carbons (Fsp3) is 0.882. The minimum atomic E-state index is -0.407. The van der Waals surface area contributed by atoms with Crippen molar-refractivity contribution >= 4 is 11.4 Å². The summed E-state index contributed by atoms with van der Waals surface area (Å²) in [5, 5.41) is 19.6. The molecule has 0 aliphatic heterocycles. The highest BCUT2D eigenvalue weighted by atomic mass is 16.3. The monoisotopic (exact) mass is 278 g/mol. The summed E-state index contributed by atoms with van der Waals surface area (Å²) in [5.41, 5.74) is 2.82. The molecule has 3 aliphatic carbocycles. The molecule has 0 aromatic heterocycles. The van der Waals surface area contributed by atoms with E-state index in [0.717, 1.165) is 18.1 Å². The Morgan fingerprint density at radius 2 is 1.85 bits per heavy atom. The Morgan fingerprint density at radius 3 is 2.55 bits per heavy atom. The molecule has 3 rings (SSSR count). The molecule has 0 aromatic rings. The lowest BCUT2D eigenvalue weighted by molar-refractivity contribution is 0.0755. The Morgan fingerprint density at radius 1 is 1.15 bits per heavy atom. The lowest BCUT2D eigenvalue weighted by Gasteiger charge is -2.36. The highest BCUT2D eigenvalue weighted by Crippen LogP contribution is 2.53. The van der Waals surface area contributed by atoms with Gasteiger partial charge in [0.25, 0.3) is 11.4 Å². The van der Waals surface area contributed by atoms with Crippen LogP contribution in [-0.2, 0) is 0 Å². The van der Waals surface area contributed by atoms with Crippen LogP contribution in [0.5, 0.6) is 0 Å². The number of hydrogen-bond donors (Lipinski definition) is 2. The Labute approximate surface area is 121 Å².